The van der Waals surface area contributed by atoms with E-state index in [1.807, 2.05) is 70.2 Å². The molecule has 3 heterocycles. The molecule has 7 nitrogen and oxygen atoms in total. The predicted octanol–water partition coefficient (Wildman–Crippen LogP) is 3.02. The summed E-state index contributed by atoms with van der Waals surface area (Å²) in [7, 11) is 1.64. The Morgan fingerprint density at radius 2 is 1.84 bits per heavy atom. The fourth-order valence-corrected chi connectivity index (χ4v) is 4.49. The average molecular weight is 431 g/mol. The summed E-state index contributed by atoms with van der Waals surface area (Å²) in [6.45, 7) is 2.44. The molecule has 1 amide bonds. The number of carbonyl (C=O) groups excluding carboxylic acids is 1. The topological polar surface area (TPSA) is 72.3 Å². The van der Waals surface area contributed by atoms with Gasteiger partial charge in [0.2, 0.25) is 0 Å². The van der Waals surface area contributed by atoms with E-state index in [4.69, 9.17) is 4.74 Å². The van der Waals surface area contributed by atoms with Gasteiger partial charge in [-0.2, -0.15) is 0 Å². The standard InChI is InChI=1S/C25H26N4O3/c1-32-14-13-28-24(30)20-11-12-27(17-23(20)29(28)16-18-7-3-2-4-8-18)25(31)22-15-19-9-5-6-10-21(19)26-22/h2-10,15,26H,11-14,16-17H2,1H3. The lowest BCUT2D eigenvalue weighted by Gasteiger charge is -2.27. The van der Waals surface area contributed by atoms with Crippen LogP contribution < -0.4 is 5.56 Å². The first-order valence-corrected chi connectivity index (χ1v) is 10.9. The van der Waals surface area contributed by atoms with Crippen LogP contribution in [0.25, 0.3) is 10.9 Å². The molecule has 5 rings (SSSR count). The lowest BCUT2D eigenvalue weighted by atomic mass is 10.1. The SMILES string of the molecule is COCCn1c(=O)c2c(n1Cc1ccccc1)CN(C(=O)c1cc3ccccc3[nH]1)CC2. The second-order valence-corrected chi connectivity index (χ2v) is 8.14. The molecule has 1 aliphatic rings. The molecule has 1 N–H and O–H groups in total. The van der Waals surface area contributed by atoms with Crippen molar-refractivity contribution in [3.63, 3.8) is 0 Å². The van der Waals surface area contributed by atoms with Crippen LogP contribution in [0.5, 0.6) is 0 Å². The van der Waals surface area contributed by atoms with E-state index in [0.717, 1.165) is 27.7 Å². The quantitative estimate of drug-likeness (QED) is 0.511. The van der Waals surface area contributed by atoms with E-state index in [-0.39, 0.29) is 11.5 Å². The zero-order chi connectivity index (χ0) is 22.1. The van der Waals surface area contributed by atoms with Gasteiger partial charge in [0.15, 0.2) is 0 Å². The van der Waals surface area contributed by atoms with Gasteiger partial charge in [-0.05, 0) is 24.1 Å². The highest BCUT2D eigenvalue weighted by molar-refractivity contribution is 5.98. The minimum Gasteiger partial charge on any atom is -0.383 e. The van der Waals surface area contributed by atoms with Crippen LogP contribution in [-0.4, -0.2) is 45.4 Å². The molecule has 0 bridgehead atoms. The van der Waals surface area contributed by atoms with Gasteiger partial charge in [0.1, 0.15) is 5.69 Å². The molecule has 0 unspecified atom stereocenters. The third-order valence-corrected chi connectivity index (χ3v) is 6.15. The Balaban J connectivity index is 1.49. The van der Waals surface area contributed by atoms with Gasteiger partial charge in [0.05, 0.1) is 31.9 Å². The van der Waals surface area contributed by atoms with Crippen molar-refractivity contribution < 1.29 is 9.53 Å². The first-order chi connectivity index (χ1) is 15.7. The molecule has 0 atom stereocenters. The molecule has 0 aliphatic carbocycles. The summed E-state index contributed by atoms with van der Waals surface area (Å²) in [6, 6.07) is 19.8. The maximum Gasteiger partial charge on any atom is 0.270 e. The number of nitrogens with zero attached hydrogens (tertiary/aromatic N) is 3. The van der Waals surface area contributed by atoms with Crippen LogP contribution in [-0.2, 0) is 30.8 Å². The van der Waals surface area contributed by atoms with Gasteiger partial charge >= 0.3 is 0 Å². The summed E-state index contributed by atoms with van der Waals surface area (Å²) in [4.78, 5) is 31.5. The Bertz CT molecular complexity index is 1280. The molecule has 0 spiro atoms. The number of hydrogen-bond donors (Lipinski definition) is 1. The van der Waals surface area contributed by atoms with Crippen LogP contribution in [0.3, 0.4) is 0 Å². The number of amides is 1. The summed E-state index contributed by atoms with van der Waals surface area (Å²) < 4.78 is 9.03. The summed E-state index contributed by atoms with van der Waals surface area (Å²) in [6.07, 6.45) is 0.551. The normalized spacial score (nSPS) is 13.5. The summed E-state index contributed by atoms with van der Waals surface area (Å²) in [5.74, 6) is -0.0461. The molecule has 0 saturated carbocycles. The molecule has 4 aromatic rings. The number of aromatic amines is 1. The van der Waals surface area contributed by atoms with Gasteiger partial charge in [-0.15, -0.1) is 0 Å². The Morgan fingerprint density at radius 3 is 2.62 bits per heavy atom. The van der Waals surface area contributed by atoms with Gasteiger partial charge in [-0.1, -0.05) is 48.5 Å². The zero-order valence-electron chi connectivity index (χ0n) is 18.1. The lowest BCUT2D eigenvalue weighted by molar-refractivity contribution is 0.0724. The molecule has 0 radical (unpaired) electrons. The Morgan fingerprint density at radius 1 is 1.06 bits per heavy atom. The fraction of sp³-hybridized carbons (Fsp3) is 0.280. The number of hydrogen-bond acceptors (Lipinski definition) is 3. The number of fused-ring (bicyclic) bond motifs is 2. The number of benzene rings is 2. The van der Waals surface area contributed by atoms with Crippen LogP contribution >= 0.6 is 0 Å². The second-order valence-electron chi connectivity index (χ2n) is 8.14. The van der Waals surface area contributed by atoms with Crippen molar-refractivity contribution in [3.05, 3.63) is 93.5 Å². The van der Waals surface area contributed by atoms with Gasteiger partial charge in [0.25, 0.3) is 11.5 Å². The third kappa shape index (κ3) is 3.65. The minimum absolute atomic E-state index is 0.0192. The van der Waals surface area contributed by atoms with Crippen molar-refractivity contribution in [2.75, 3.05) is 20.3 Å². The van der Waals surface area contributed by atoms with Crippen LogP contribution in [0.4, 0.5) is 0 Å². The maximum atomic E-state index is 13.3. The van der Waals surface area contributed by atoms with Crippen molar-refractivity contribution in [1.29, 1.82) is 0 Å². The number of carbonyl (C=O) groups is 1. The van der Waals surface area contributed by atoms with E-state index in [0.29, 0.717) is 44.9 Å². The van der Waals surface area contributed by atoms with Crippen LogP contribution in [0.2, 0.25) is 0 Å². The van der Waals surface area contributed by atoms with Crippen molar-refractivity contribution >= 4 is 16.8 Å². The number of nitrogens with one attached hydrogen (secondary N) is 1. The van der Waals surface area contributed by atoms with Crippen molar-refractivity contribution in [2.45, 2.75) is 26.1 Å². The van der Waals surface area contributed by atoms with E-state index in [2.05, 4.69) is 4.98 Å². The average Bonchev–Trinajstić information content (AvgIpc) is 3.37. The molecule has 0 fully saturated rings. The first-order valence-electron chi connectivity index (χ1n) is 10.9. The highest BCUT2D eigenvalue weighted by Gasteiger charge is 2.29. The summed E-state index contributed by atoms with van der Waals surface area (Å²) >= 11 is 0. The van der Waals surface area contributed by atoms with E-state index < -0.39 is 0 Å². The van der Waals surface area contributed by atoms with Crippen LogP contribution in [0, 0.1) is 0 Å². The van der Waals surface area contributed by atoms with Crippen LogP contribution in [0.15, 0.2) is 65.5 Å². The molecule has 2 aromatic carbocycles. The molecule has 2 aromatic heterocycles. The number of aromatic nitrogens is 3. The van der Waals surface area contributed by atoms with Crippen molar-refractivity contribution in [1.82, 2.24) is 19.2 Å². The molecule has 0 saturated heterocycles. The summed E-state index contributed by atoms with van der Waals surface area (Å²) in [5.41, 5.74) is 4.36. The largest absolute Gasteiger partial charge is 0.383 e. The molecule has 7 heteroatoms. The van der Waals surface area contributed by atoms with Gasteiger partial charge in [-0.25, -0.2) is 4.68 Å². The number of H-pyrrole nitrogens is 1. The zero-order valence-corrected chi connectivity index (χ0v) is 18.1. The number of methoxy groups -OCH3 is 1. The number of rotatable bonds is 6. The second kappa shape index (κ2) is 8.51. The molecule has 164 valence electrons. The third-order valence-electron chi connectivity index (χ3n) is 6.15. The lowest BCUT2D eigenvalue weighted by Crippen LogP contribution is -2.37. The van der Waals surface area contributed by atoms with Crippen molar-refractivity contribution in [2.24, 2.45) is 0 Å². The molecular formula is C25H26N4O3. The van der Waals surface area contributed by atoms with Crippen molar-refractivity contribution in [3.8, 4) is 0 Å². The Hall–Kier alpha value is -3.58. The highest BCUT2D eigenvalue weighted by atomic mass is 16.5. The molecule has 32 heavy (non-hydrogen) atoms. The summed E-state index contributed by atoms with van der Waals surface area (Å²) in [5, 5.41) is 1.01. The first kappa shape index (κ1) is 20.3. The minimum atomic E-state index is -0.0461. The van der Waals surface area contributed by atoms with E-state index in [1.54, 1.807) is 11.8 Å². The highest BCUT2D eigenvalue weighted by Crippen LogP contribution is 2.22. The maximum absolute atomic E-state index is 13.3. The smallest absolute Gasteiger partial charge is 0.270 e. The van der Waals surface area contributed by atoms with E-state index >= 15 is 0 Å². The van der Waals surface area contributed by atoms with E-state index in [9.17, 15) is 9.59 Å². The fourth-order valence-electron chi connectivity index (χ4n) is 4.49. The molecule has 1 aliphatic heterocycles. The van der Waals surface area contributed by atoms with Crippen LogP contribution in [0.1, 0.15) is 27.3 Å². The van der Waals surface area contributed by atoms with E-state index in [1.165, 1.54) is 0 Å². The number of para-hydroxylation sites is 1. The number of ether oxygens (including phenoxy) is 1. The molecular weight excluding hydrogens is 404 g/mol. The predicted molar refractivity (Wildman–Crippen MR) is 123 cm³/mol. The van der Waals surface area contributed by atoms with Gasteiger partial charge < -0.3 is 14.6 Å². The monoisotopic (exact) mass is 430 g/mol. The Labute approximate surface area is 185 Å². The Kier molecular flexibility index (Phi) is 5.41. The van der Waals surface area contributed by atoms with Gasteiger partial charge in [0, 0.05) is 30.1 Å². The van der Waals surface area contributed by atoms with Gasteiger partial charge in [-0.3, -0.25) is 14.3 Å².